The minimum Gasteiger partial charge on any atom is -0.355 e. The number of hydrogen-bond donors (Lipinski definition) is 1. The van der Waals surface area contributed by atoms with Crippen molar-refractivity contribution in [3.63, 3.8) is 0 Å². The third kappa shape index (κ3) is 3.33. The second-order valence-corrected chi connectivity index (χ2v) is 7.69. The Hall–Kier alpha value is -2.95. The molecule has 0 unspecified atom stereocenters. The quantitative estimate of drug-likeness (QED) is 0.754. The minimum atomic E-state index is -0.265. The van der Waals surface area contributed by atoms with Crippen LogP contribution < -0.4 is 5.32 Å². The average Bonchev–Trinajstić information content (AvgIpc) is 2.93. The zero-order valence-corrected chi connectivity index (χ0v) is 15.8. The molecule has 2 aliphatic rings. The summed E-state index contributed by atoms with van der Waals surface area (Å²) in [5, 5.41) is 3.06. The second-order valence-electron chi connectivity index (χ2n) is 7.69. The highest BCUT2D eigenvalue weighted by atomic mass is 16.2. The van der Waals surface area contributed by atoms with Crippen molar-refractivity contribution in [2.24, 2.45) is 0 Å². The Morgan fingerprint density at radius 2 is 1.54 bits per heavy atom. The predicted octanol–water partition coefficient (Wildman–Crippen LogP) is 3.30. The Morgan fingerprint density at radius 3 is 2.11 bits per heavy atom. The fourth-order valence-corrected chi connectivity index (χ4v) is 4.16. The molecule has 2 aromatic rings. The molecule has 1 aliphatic heterocycles. The number of rotatable bonds is 7. The van der Waals surface area contributed by atoms with Gasteiger partial charge < -0.3 is 5.32 Å². The first kappa shape index (κ1) is 18.4. The van der Waals surface area contributed by atoms with Crippen LogP contribution in [0, 0.1) is 0 Å². The van der Waals surface area contributed by atoms with Gasteiger partial charge >= 0.3 is 0 Å². The van der Waals surface area contributed by atoms with Crippen LogP contribution in [-0.2, 0) is 10.2 Å². The monoisotopic (exact) mass is 376 g/mol. The van der Waals surface area contributed by atoms with Crippen molar-refractivity contribution in [2.75, 3.05) is 13.1 Å². The van der Waals surface area contributed by atoms with Gasteiger partial charge in [-0.3, -0.25) is 19.3 Å². The molecule has 1 fully saturated rings. The number of amides is 3. The highest BCUT2D eigenvalue weighted by molar-refractivity contribution is 6.21. The summed E-state index contributed by atoms with van der Waals surface area (Å²) in [6.45, 7) is 0.909. The molecule has 0 spiro atoms. The lowest BCUT2D eigenvalue weighted by Crippen LogP contribution is -2.45. The van der Waals surface area contributed by atoms with Crippen molar-refractivity contribution >= 4 is 17.7 Å². The Labute approximate surface area is 164 Å². The lowest BCUT2D eigenvalue weighted by atomic mass is 9.64. The van der Waals surface area contributed by atoms with Crippen LogP contribution in [0.25, 0.3) is 0 Å². The molecule has 5 nitrogen and oxygen atoms in total. The van der Waals surface area contributed by atoms with E-state index < -0.39 is 0 Å². The summed E-state index contributed by atoms with van der Waals surface area (Å²) in [5.41, 5.74) is 2.24. The molecule has 0 atom stereocenters. The lowest BCUT2D eigenvalue weighted by molar-refractivity contribution is -0.121. The van der Waals surface area contributed by atoms with Crippen molar-refractivity contribution in [1.82, 2.24) is 10.2 Å². The molecule has 3 amide bonds. The number of benzene rings is 2. The van der Waals surface area contributed by atoms with Gasteiger partial charge in [-0.05, 0) is 37.0 Å². The number of nitrogens with one attached hydrogen (secondary N) is 1. The van der Waals surface area contributed by atoms with Crippen LogP contribution in [0.1, 0.15) is 58.4 Å². The third-order valence-electron chi connectivity index (χ3n) is 5.98. The van der Waals surface area contributed by atoms with Crippen LogP contribution >= 0.6 is 0 Å². The Bertz CT molecular complexity index is 868. The number of fused-ring (bicyclic) bond motifs is 1. The molecule has 1 saturated carbocycles. The van der Waals surface area contributed by atoms with Crippen molar-refractivity contribution in [2.45, 2.75) is 37.5 Å². The van der Waals surface area contributed by atoms with E-state index in [1.165, 1.54) is 16.9 Å². The van der Waals surface area contributed by atoms with E-state index >= 15 is 0 Å². The fraction of sp³-hybridized carbons (Fsp3) is 0.348. The maximum atomic E-state index is 12.3. The highest BCUT2D eigenvalue weighted by Gasteiger charge is 2.38. The maximum absolute atomic E-state index is 12.3. The molecule has 0 aromatic heterocycles. The van der Waals surface area contributed by atoms with Crippen molar-refractivity contribution < 1.29 is 14.4 Å². The van der Waals surface area contributed by atoms with Gasteiger partial charge in [-0.15, -0.1) is 0 Å². The van der Waals surface area contributed by atoms with Gasteiger partial charge in [-0.25, -0.2) is 0 Å². The number of hydrogen-bond acceptors (Lipinski definition) is 3. The van der Waals surface area contributed by atoms with Gasteiger partial charge in [0, 0.05) is 24.9 Å². The number of nitrogens with zero attached hydrogens (tertiary/aromatic N) is 1. The predicted molar refractivity (Wildman–Crippen MR) is 106 cm³/mol. The molecule has 4 rings (SSSR count). The van der Waals surface area contributed by atoms with Gasteiger partial charge in [0.05, 0.1) is 11.1 Å². The molecule has 0 radical (unpaired) electrons. The topological polar surface area (TPSA) is 66.5 Å². The summed E-state index contributed by atoms with van der Waals surface area (Å²) in [4.78, 5) is 38.3. The number of carbonyl (C=O) groups excluding carboxylic acids is 3. The van der Waals surface area contributed by atoms with Crippen molar-refractivity contribution in [3.8, 4) is 0 Å². The van der Waals surface area contributed by atoms with Crippen LogP contribution in [0.5, 0.6) is 0 Å². The summed E-state index contributed by atoms with van der Waals surface area (Å²) in [6, 6.07) is 17.2. The zero-order valence-electron chi connectivity index (χ0n) is 15.8. The van der Waals surface area contributed by atoms with Crippen LogP contribution in [0.2, 0.25) is 0 Å². The van der Waals surface area contributed by atoms with E-state index in [1.807, 2.05) is 18.2 Å². The normalized spacial score (nSPS) is 17.2. The lowest BCUT2D eigenvalue weighted by Gasteiger charge is -2.42. The molecule has 1 aliphatic carbocycles. The molecular formula is C23H24N2O3. The molecule has 0 saturated heterocycles. The van der Waals surface area contributed by atoms with Crippen molar-refractivity contribution in [1.29, 1.82) is 0 Å². The largest absolute Gasteiger partial charge is 0.355 e. The van der Waals surface area contributed by atoms with Gasteiger partial charge in [0.2, 0.25) is 5.91 Å². The molecule has 144 valence electrons. The first-order valence-electron chi connectivity index (χ1n) is 9.88. The molecule has 0 bridgehead atoms. The minimum absolute atomic E-state index is 0.0289. The van der Waals surface area contributed by atoms with Crippen LogP contribution in [0.15, 0.2) is 54.6 Å². The molecule has 1 heterocycles. The van der Waals surface area contributed by atoms with E-state index in [0.29, 0.717) is 30.5 Å². The van der Waals surface area contributed by atoms with E-state index in [9.17, 15) is 14.4 Å². The first-order valence-corrected chi connectivity index (χ1v) is 9.88. The smallest absolute Gasteiger partial charge is 0.261 e. The highest BCUT2D eigenvalue weighted by Crippen LogP contribution is 2.43. The van der Waals surface area contributed by atoms with Gasteiger partial charge in [-0.1, -0.05) is 48.9 Å². The SMILES string of the molecule is O=C(CCCN1C(=O)c2ccccc2C1=O)NCC1(c2ccccc2)CCC1. The number of carbonyl (C=O) groups is 3. The van der Waals surface area contributed by atoms with Crippen LogP contribution in [-0.4, -0.2) is 35.7 Å². The summed E-state index contributed by atoms with van der Waals surface area (Å²) in [6.07, 6.45) is 4.14. The Kier molecular flexibility index (Phi) is 4.99. The molecule has 1 N–H and O–H groups in total. The van der Waals surface area contributed by atoms with Crippen LogP contribution in [0.4, 0.5) is 0 Å². The Balaban J connectivity index is 1.27. The summed E-state index contributed by atoms with van der Waals surface area (Å²) in [5.74, 6) is -0.559. The van der Waals surface area contributed by atoms with Gasteiger partial charge in [0.15, 0.2) is 0 Å². The van der Waals surface area contributed by atoms with Crippen LogP contribution in [0.3, 0.4) is 0 Å². The number of imide groups is 1. The molecular weight excluding hydrogens is 352 g/mol. The third-order valence-corrected chi connectivity index (χ3v) is 5.98. The van der Waals surface area contributed by atoms with Gasteiger partial charge in [0.25, 0.3) is 11.8 Å². The van der Waals surface area contributed by atoms with E-state index in [-0.39, 0.29) is 29.7 Å². The van der Waals surface area contributed by atoms with Crippen molar-refractivity contribution in [3.05, 3.63) is 71.3 Å². The van der Waals surface area contributed by atoms with E-state index in [2.05, 4.69) is 17.4 Å². The molecule has 28 heavy (non-hydrogen) atoms. The summed E-state index contributed by atoms with van der Waals surface area (Å²) < 4.78 is 0. The standard InChI is InChI=1S/C23H24N2O3/c26-20(24-16-23(13-7-14-23)17-8-2-1-3-9-17)12-6-15-25-21(27)18-10-4-5-11-19(18)22(25)28/h1-5,8-11H,6-7,12-16H2,(H,24,26). The van der Waals surface area contributed by atoms with Gasteiger partial charge in [-0.2, -0.15) is 0 Å². The Morgan fingerprint density at radius 1 is 0.929 bits per heavy atom. The summed E-state index contributed by atoms with van der Waals surface area (Å²) >= 11 is 0. The zero-order chi connectivity index (χ0) is 19.6. The van der Waals surface area contributed by atoms with E-state index in [1.54, 1.807) is 24.3 Å². The average molecular weight is 376 g/mol. The molecule has 2 aromatic carbocycles. The van der Waals surface area contributed by atoms with E-state index in [4.69, 9.17) is 0 Å². The van der Waals surface area contributed by atoms with Gasteiger partial charge in [0.1, 0.15) is 0 Å². The van der Waals surface area contributed by atoms with E-state index in [0.717, 1.165) is 12.8 Å². The summed E-state index contributed by atoms with van der Waals surface area (Å²) in [7, 11) is 0. The maximum Gasteiger partial charge on any atom is 0.261 e. The first-order chi connectivity index (χ1) is 13.6. The molecule has 5 heteroatoms. The second kappa shape index (κ2) is 7.58. The fourth-order valence-electron chi connectivity index (χ4n) is 4.16.